The van der Waals surface area contributed by atoms with Crippen molar-refractivity contribution in [3.63, 3.8) is 0 Å². The number of nitrogens with zero attached hydrogens (tertiary/aromatic N) is 1. The molecule has 2 rings (SSSR count). The summed E-state index contributed by atoms with van der Waals surface area (Å²) in [6, 6.07) is 0.0847. The van der Waals surface area contributed by atoms with Gasteiger partial charge in [0.25, 0.3) is 5.91 Å². The molecule has 0 radical (unpaired) electrons. The van der Waals surface area contributed by atoms with Crippen molar-refractivity contribution >= 4 is 5.91 Å². The largest absolute Gasteiger partial charge is 0.393 e. The monoisotopic (exact) mass is 224 g/mol. The van der Waals surface area contributed by atoms with Crippen molar-refractivity contribution < 1.29 is 14.4 Å². The van der Waals surface area contributed by atoms with E-state index in [9.17, 15) is 4.79 Å². The van der Waals surface area contributed by atoms with Gasteiger partial charge in [-0.05, 0) is 26.2 Å². The molecule has 5 nitrogen and oxygen atoms in total. The van der Waals surface area contributed by atoms with Gasteiger partial charge in [-0.25, -0.2) is 0 Å². The summed E-state index contributed by atoms with van der Waals surface area (Å²) >= 11 is 0. The van der Waals surface area contributed by atoms with Crippen LogP contribution in [0.4, 0.5) is 0 Å². The number of aromatic nitrogens is 1. The molecule has 0 saturated heterocycles. The molecule has 1 saturated carbocycles. The van der Waals surface area contributed by atoms with Crippen LogP contribution in [0.5, 0.6) is 0 Å². The van der Waals surface area contributed by atoms with Crippen LogP contribution in [0.25, 0.3) is 0 Å². The summed E-state index contributed by atoms with van der Waals surface area (Å²) in [7, 11) is 0. The molecule has 0 unspecified atom stereocenters. The smallest absolute Gasteiger partial charge is 0.257 e. The van der Waals surface area contributed by atoms with E-state index < -0.39 is 0 Å². The van der Waals surface area contributed by atoms with Crippen LogP contribution in [0.15, 0.2) is 4.52 Å². The van der Waals surface area contributed by atoms with Crippen molar-refractivity contribution in [1.82, 2.24) is 10.5 Å². The Bertz CT molecular complexity index is 394. The first kappa shape index (κ1) is 11.1. The Morgan fingerprint density at radius 3 is 2.88 bits per heavy atom. The van der Waals surface area contributed by atoms with Gasteiger partial charge in [0.1, 0.15) is 11.3 Å². The van der Waals surface area contributed by atoms with Crippen LogP contribution in [0.1, 0.15) is 41.6 Å². The lowest BCUT2D eigenvalue weighted by Crippen LogP contribution is -2.46. The second-order valence-corrected chi connectivity index (χ2v) is 4.21. The molecule has 1 aromatic heterocycles. The zero-order chi connectivity index (χ0) is 11.7. The Morgan fingerprint density at radius 2 is 2.31 bits per heavy atom. The lowest BCUT2D eigenvalue weighted by Gasteiger charge is -2.31. The maximum absolute atomic E-state index is 11.9. The SMILES string of the molecule is CCc1noc(C)c1C(=O)NC1CC(O)C1. The molecular weight excluding hydrogens is 208 g/mol. The van der Waals surface area contributed by atoms with E-state index in [1.54, 1.807) is 6.92 Å². The van der Waals surface area contributed by atoms with Crippen molar-refractivity contribution in [2.24, 2.45) is 0 Å². The number of aryl methyl sites for hydroxylation is 2. The van der Waals surface area contributed by atoms with Gasteiger partial charge in [0, 0.05) is 6.04 Å². The van der Waals surface area contributed by atoms with Crippen LogP contribution in [0, 0.1) is 6.92 Å². The van der Waals surface area contributed by atoms with Crippen molar-refractivity contribution in [2.45, 2.75) is 45.3 Å². The third kappa shape index (κ3) is 1.95. The first-order chi connectivity index (χ1) is 7.61. The highest BCUT2D eigenvalue weighted by Gasteiger charge is 2.30. The molecule has 1 aliphatic carbocycles. The highest BCUT2D eigenvalue weighted by molar-refractivity contribution is 5.96. The average molecular weight is 224 g/mol. The molecule has 2 N–H and O–H groups in total. The van der Waals surface area contributed by atoms with E-state index in [-0.39, 0.29) is 18.1 Å². The van der Waals surface area contributed by atoms with Crippen molar-refractivity contribution in [2.75, 3.05) is 0 Å². The van der Waals surface area contributed by atoms with Crippen LogP contribution in [-0.2, 0) is 6.42 Å². The number of aliphatic hydroxyl groups is 1. The molecule has 0 aliphatic heterocycles. The van der Waals surface area contributed by atoms with Gasteiger partial charge in [-0.15, -0.1) is 0 Å². The van der Waals surface area contributed by atoms with Gasteiger partial charge < -0.3 is 14.9 Å². The standard InChI is InChI=1S/C11H16N2O3/c1-3-9-10(6(2)16-13-9)11(15)12-7-4-8(14)5-7/h7-8,14H,3-5H2,1-2H3,(H,12,15). The molecule has 88 valence electrons. The van der Waals surface area contributed by atoms with Gasteiger partial charge in [0.2, 0.25) is 0 Å². The van der Waals surface area contributed by atoms with Crippen LogP contribution >= 0.6 is 0 Å². The number of rotatable bonds is 3. The molecule has 16 heavy (non-hydrogen) atoms. The van der Waals surface area contributed by atoms with Crippen LogP contribution in [0.2, 0.25) is 0 Å². The lowest BCUT2D eigenvalue weighted by molar-refractivity contribution is 0.0562. The Labute approximate surface area is 93.8 Å². The minimum Gasteiger partial charge on any atom is -0.393 e. The van der Waals surface area contributed by atoms with Crippen molar-refractivity contribution in [3.8, 4) is 0 Å². The second-order valence-electron chi connectivity index (χ2n) is 4.21. The van der Waals surface area contributed by atoms with Gasteiger partial charge in [0.15, 0.2) is 0 Å². The quantitative estimate of drug-likeness (QED) is 0.796. The summed E-state index contributed by atoms with van der Waals surface area (Å²) in [5, 5.41) is 15.8. The third-order valence-corrected chi connectivity index (χ3v) is 2.94. The Balaban J connectivity index is 2.05. The van der Waals surface area contributed by atoms with Gasteiger partial charge in [-0.2, -0.15) is 0 Å². The van der Waals surface area contributed by atoms with Crippen molar-refractivity contribution in [3.05, 3.63) is 17.0 Å². The molecule has 5 heteroatoms. The number of aliphatic hydroxyl groups excluding tert-OH is 1. The van der Waals surface area contributed by atoms with Gasteiger partial charge in [0.05, 0.1) is 11.8 Å². The van der Waals surface area contributed by atoms with Crippen LogP contribution in [0.3, 0.4) is 0 Å². The molecule has 1 heterocycles. The summed E-state index contributed by atoms with van der Waals surface area (Å²) in [5.41, 5.74) is 1.23. The molecule has 0 bridgehead atoms. The minimum absolute atomic E-state index is 0.0847. The van der Waals surface area contributed by atoms with E-state index in [2.05, 4.69) is 10.5 Å². The molecule has 1 aliphatic rings. The minimum atomic E-state index is -0.264. The molecule has 0 aromatic carbocycles. The van der Waals surface area contributed by atoms with Crippen LogP contribution in [-0.4, -0.2) is 28.3 Å². The number of carbonyl (C=O) groups is 1. The number of hydrogen-bond acceptors (Lipinski definition) is 4. The number of amides is 1. The summed E-state index contributed by atoms with van der Waals surface area (Å²) in [5.74, 6) is 0.404. The van der Waals surface area contributed by atoms with Gasteiger partial charge in [-0.1, -0.05) is 12.1 Å². The molecule has 1 fully saturated rings. The highest BCUT2D eigenvalue weighted by atomic mass is 16.5. The average Bonchev–Trinajstić information content (AvgIpc) is 2.57. The molecule has 0 atom stereocenters. The summed E-state index contributed by atoms with van der Waals surface area (Å²) in [4.78, 5) is 11.9. The van der Waals surface area contributed by atoms with E-state index in [1.807, 2.05) is 6.92 Å². The van der Waals surface area contributed by atoms with E-state index in [4.69, 9.17) is 9.63 Å². The topological polar surface area (TPSA) is 75.4 Å². The molecular formula is C11H16N2O3. The summed E-state index contributed by atoms with van der Waals surface area (Å²) in [6.45, 7) is 3.66. The molecule has 0 spiro atoms. The Morgan fingerprint density at radius 1 is 1.62 bits per heavy atom. The fourth-order valence-electron chi connectivity index (χ4n) is 1.91. The van der Waals surface area contributed by atoms with E-state index >= 15 is 0 Å². The van der Waals surface area contributed by atoms with Gasteiger partial charge >= 0.3 is 0 Å². The summed E-state index contributed by atoms with van der Waals surface area (Å²) in [6.07, 6.45) is 1.68. The summed E-state index contributed by atoms with van der Waals surface area (Å²) < 4.78 is 5.00. The van der Waals surface area contributed by atoms with Crippen LogP contribution < -0.4 is 5.32 Å². The van der Waals surface area contributed by atoms with E-state index in [0.717, 1.165) is 0 Å². The predicted octanol–water partition coefficient (Wildman–Crippen LogP) is 0.799. The lowest BCUT2D eigenvalue weighted by atomic mass is 9.89. The molecule has 1 aromatic rings. The Hall–Kier alpha value is -1.36. The number of nitrogens with one attached hydrogen (secondary N) is 1. The van der Waals surface area contributed by atoms with E-state index in [0.29, 0.717) is 36.3 Å². The first-order valence-corrected chi connectivity index (χ1v) is 5.55. The number of carbonyl (C=O) groups excluding carboxylic acids is 1. The normalized spacial score (nSPS) is 23.9. The highest BCUT2D eigenvalue weighted by Crippen LogP contribution is 2.21. The second kappa shape index (κ2) is 4.25. The zero-order valence-corrected chi connectivity index (χ0v) is 9.49. The third-order valence-electron chi connectivity index (χ3n) is 2.94. The van der Waals surface area contributed by atoms with Crippen molar-refractivity contribution in [1.29, 1.82) is 0 Å². The van der Waals surface area contributed by atoms with Gasteiger partial charge in [-0.3, -0.25) is 4.79 Å². The first-order valence-electron chi connectivity index (χ1n) is 5.55. The maximum atomic E-state index is 11.9. The Kier molecular flexibility index (Phi) is 2.96. The number of hydrogen-bond donors (Lipinski definition) is 2. The van der Waals surface area contributed by atoms with E-state index in [1.165, 1.54) is 0 Å². The fourth-order valence-corrected chi connectivity index (χ4v) is 1.91. The fraction of sp³-hybridized carbons (Fsp3) is 0.636. The predicted molar refractivity (Wildman–Crippen MR) is 57.1 cm³/mol. The maximum Gasteiger partial charge on any atom is 0.257 e. The zero-order valence-electron chi connectivity index (χ0n) is 9.49. The molecule has 1 amide bonds.